The van der Waals surface area contributed by atoms with Gasteiger partial charge in [-0.3, -0.25) is 9.59 Å². The van der Waals surface area contributed by atoms with Crippen LogP contribution < -0.4 is 5.32 Å². The van der Waals surface area contributed by atoms with Crippen LogP contribution in [0.25, 0.3) is 0 Å². The van der Waals surface area contributed by atoms with Crippen LogP contribution in [0.2, 0.25) is 0 Å². The molecule has 0 spiro atoms. The smallest absolute Gasteiger partial charge is 0.254 e. The van der Waals surface area contributed by atoms with Gasteiger partial charge in [-0.25, -0.2) is 4.98 Å². The SMILES string of the molecule is Cc1cccc(C(=O)N2CCn3cc(CC(=O)NC4CCCC4)nc3[C@@H]2C)c1. The molecule has 2 aliphatic rings. The minimum Gasteiger partial charge on any atom is -0.353 e. The lowest BCUT2D eigenvalue weighted by atomic mass is 10.1. The van der Waals surface area contributed by atoms with Crippen molar-refractivity contribution in [2.75, 3.05) is 6.54 Å². The Labute approximate surface area is 165 Å². The molecular formula is C22H28N4O2. The third kappa shape index (κ3) is 3.81. The Hall–Kier alpha value is -2.63. The summed E-state index contributed by atoms with van der Waals surface area (Å²) in [6, 6.07) is 7.90. The number of nitrogens with zero attached hydrogens (tertiary/aromatic N) is 3. The highest BCUT2D eigenvalue weighted by molar-refractivity contribution is 5.94. The van der Waals surface area contributed by atoms with Crippen LogP contribution in [0.1, 0.15) is 66.1 Å². The highest BCUT2D eigenvalue weighted by atomic mass is 16.2. The Morgan fingerprint density at radius 3 is 2.75 bits per heavy atom. The van der Waals surface area contributed by atoms with E-state index in [4.69, 9.17) is 4.98 Å². The maximum atomic E-state index is 13.0. The summed E-state index contributed by atoms with van der Waals surface area (Å²) in [6.07, 6.45) is 6.83. The lowest BCUT2D eigenvalue weighted by molar-refractivity contribution is -0.121. The number of nitrogens with one attached hydrogen (secondary N) is 1. The molecular weight excluding hydrogens is 352 g/mol. The first-order valence-electron chi connectivity index (χ1n) is 10.2. The van der Waals surface area contributed by atoms with Crippen LogP contribution in [0.3, 0.4) is 0 Å². The second-order valence-corrected chi connectivity index (χ2v) is 8.05. The zero-order valence-corrected chi connectivity index (χ0v) is 16.6. The minimum atomic E-state index is -0.117. The fourth-order valence-corrected chi connectivity index (χ4v) is 4.37. The number of fused-ring (bicyclic) bond motifs is 1. The van der Waals surface area contributed by atoms with E-state index >= 15 is 0 Å². The number of rotatable bonds is 4. The van der Waals surface area contributed by atoms with E-state index in [1.54, 1.807) is 0 Å². The molecule has 1 aliphatic heterocycles. The summed E-state index contributed by atoms with van der Waals surface area (Å²) in [7, 11) is 0. The number of amides is 2. The van der Waals surface area contributed by atoms with E-state index in [9.17, 15) is 9.59 Å². The second kappa shape index (κ2) is 7.78. The molecule has 2 amide bonds. The molecule has 1 saturated carbocycles. The molecule has 1 fully saturated rings. The van der Waals surface area contributed by atoms with E-state index < -0.39 is 0 Å². The van der Waals surface area contributed by atoms with Crippen LogP contribution in [0.4, 0.5) is 0 Å². The van der Waals surface area contributed by atoms with Crippen LogP contribution in [-0.4, -0.2) is 38.9 Å². The van der Waals surface area contributed by atoms with Crippen molar-refractivity contribution in [3.05, 3.63) is 53.1 Å². The first-order chi connectivity index (χ1) is 13.5. The molecule has 1 aromatic carbocycles. The van der Waals surface area contributed by atoms with Crippen molar-refractivity contribution < 1.29 is 9.59 Å². The zero-order valence-electron chi connectivity index (χ0n) is 16.6. The van der Waals surface area contributed by atoms with Crippen molar-refractivity contribution >= 4 is 11.8 Å². The monoisotopic (exact) mass is 380 g/mol. The first-order valence-corrected chi connectivity index (χ1v) is 10.2. The Kier molecular flexibility index (Phi) is 5.20. The van der Waals surface area contributed by atoms with Gasteiger partial charge in [0.15, 0.2) is 0 Å². The van der Waals surface area contributed by atoms with Gasteiger partial charge in [0, 0.05) is 30.9 Å². The lowest BCUT2D eigenvalue weighted by Crippen LogP contribution is -2.41. The van der Waals surface area contributed by atoms with Gasteiger partial charge >= 0.3 is 0 Å². The summed E-state index contributed by atoms with van der Waals surface area (Å²) in [5.74, 6) is 0.935. The molecule has 2 aromatic rings. The number of carbonyl (C=O) groups excluding carboxylic acids is 2. The average Bonchev–Trinajstić information content (AvgIpc) is 3.31. The highest BCUT2D eigenvalue weighted by Crippen LogP contribution is 2.26. The van der Waals surface area contributed by atoms with E-state index in [1.165, 1.54) is 12.8 Å². The molecule has 6 nitrogen and oxygen atoms in total. The number of benzene rings is 1. The fourth-order valence-electron chi connectivity index (χ4n) is 4.37. The standard InChI is InChI=1S/C22H28N4O2/c1-15-6-5-7-17(12-15)22(28)26-11-10-25-14-19(24-21(25)16(26)2)13-20(27)23-18-8-3-4-9-18/h5-7,12,14,16,18H,3-4,8-11,13H2,1-2H3,(H,23,27)/t16-/m0/s1. The van der Waals surface area contributed by atoms with Gasteiger partial charge in [0.1, 0.15) is 5.82 Å². The first kappa shape index (κ1) is 18.7. The summed E-state index contributed by atoms with van der Waals surface area (Å²) in [6.45, 7) is 5.35. The van der Waals surface area contributed by atoms with Gasteiger partial charge in [-0.05, 0) is 38.8 Å². The zero-order chi connectivity index (χ0) is 19.7. The predicted molar refractivity (Wildman–Crippen MR) is 107 cm³/mol. The predicted octanol–water partition coefficient (Wildman–Crippen LogP) is 3.01. The van der Waals surface area contributed by atoms with Crippen LogP contribution in [0.5, 0.6) is 0 Å². The van der Waals surface area contributed by atoms with Crippen molar-refractivity contribution in [2.24, 2.45) is 0 Å². The van der Waals surface area contributed by atoms with Crippen LogP contribution in [-0.2, 0) is 17.8 Å². The van der Waals surface area contributed by atoms with Crippen LogP contribution >= 0.6 is 0 Å². The Morgan fingerprint density at radius 2 is 2.00 bits per heavy atom. The largest absolute Gasteiger partial charge is 0.353 e. The minimum absolute atomic E-state index is 0.0333. The molecule has 148 valence electrons. The van der Waals surface area contributed by atoms with E-state index in [0.717, 1.165) is 29.9 Å². The summed E-state index contributed by atoms with van der Waals surface area (Å²) >= 11 is 0. The molecule has 1 atom stereocenters. The molecule has 2 heterocycles. The number of imidazole rings is 1. The molecule has 1 aliphatic carbocycles. The van der Waals surface area contributed by atoms with Crippen molar-refractivity contribution in [1.82, 2.24) is 19.8 Å². The van der Waals surface area contributed by atoms with Gasteiger partial charge in [0.25, 0.3) is 5.91 Å². The maximum absolute atomic E-state index is 13.0. The summed E-state index contributed by atoms with van der Waals surface area (Å²) in [5, 5.41) is 3.12. The third-order valence-electron chi connectivity index (χ3n) is 5.87. The fraction of sp³-hybridized carbons (Fsp3) is 0.500. The Bertz CT molecular complexity index is 882. The van der Waals surface area contributed by atoms with Crippen molar-refractivity contribution in [2.45, 2.75) is 64.6 Å². The Balaban J connectivity index is 1.45. The molecule has 0 saturated heterocycles. The van der Waals surface area contributed by atoms with Gasteiger partial charge in [-0.2, -0.15) is 0 Å². The number of aryl methyl sites for hydroxylation is 1. The molecule has 28 heavy (non-hydrogen) atoms. The molecule has 1 N–H and O–H groups in total. The van der Waals surface area contributed by atoms with Gasteiger partial charge in [-0.15, -0.1) is 0 Å². The highest BCUT2D eigenvalue weighted by Gasteiger charge is 2.30. The lowest BCUT2D eigenvalue weighted by Gasteiger charge is -2.33. The summed E-state index contributed by atoms with van der Waals surface area (Å²) in [4.78, 5) is 31.9. The van der Waals surface area contributed by atoms with E-state index in [1.807, 2.05) is 49.2 Å². The van der Waals surface area contributed by atoms with Crippen molar-refractivity contribution in [1.29, 1.82) is 0 Å². The van der Waals surface area contributed by atoms with E-state index in [0.29, 0.717) is 31.1 Å². The Morgan fingerprint density at radius 1 is 1.21 bits per heavy atom. The number of hydrogen-bond acceptors (Lipinski definition) is 3. The van der Waals surface area contributed by atoms with Crippen LogP contribution in [0.15, 0.2) is 30.5 Å². The maximum Gasteiger partial charge on any atom is 0.254 e. The van der Waals surface area contributed by atoms with Crippen molar-refractivity contribution in [3.63, 3.8) is 0 Å². The summed E-state index contributed by atoms with van der Waals surface area (Å²) in [5.41, 5.74) is 2.57. The number of carbonyl (C=O) groups is 2. The summed E-state index contributed by atoms with van der Waals surface area (Å²) < 4.78 is 2.09. The second-order valence-electron chi connectivity index (χ2n) is 8.05. The van der Waals surface area contributed by atoms with Gasteiger partial charge in [0.2, 0.25) is 5.91 Å². The number of hydrogen-bond donors (Lipinski definition) is 1. The van der Waals surface area contributed by atoms with Crippen LogP contribution in [0, 0.1) is 6.92 Å². The van der Waals surface area contributed by atoms with Gasteiger partial charge < -0.3 is 14.8 Å². The number of aromatic nitrogens is 2. The third-order valence-corrected chi connectivity index (χ3v) is 5.87. The van der Waals surface area contributed by atoms with E-state index in [2.05, 4.69) is 9.88 Å². The molecule has 1 aromatic heterocycles. The molecule has 0 unspecified atom stereocenters. The topological polar surface area (TPSA) is 67.2 Å². The normalized spacial score (nSPS) is 19.5. The van der Waals surface area contributed by atoms with E-state index in [-0.39, 0.29) is 17.9 Å². The quantitative estimate of drug-likeness (QED) is 0.887. The average molecular weight is 380 g/mol. The molecule has 4 rings (SSSR count). The molecule has 6 heteroatoms. The van der Waals surface area contributed by atoms with Gasteiger partial charge in [0.05, 0.1) is 18.2 Å². The molecule has 0 bridgehead atoms. The van der Waals surface area contributed by atoms with Crippen molar-refractivity contribution in [3.8, 4) is 0 Å². The van der Waals surface area contributed by atoms with Gasteiger partial charge in [-0.1, -0.05) is 30.5 Å². The molecule has 0 radical (unpaired) electrons.